The Morgan fingerprint density at radius 3 is 2.69 bits per heavy atom. The number of hydrogen-bond acceptors (Lipinski definition) is 3. The Labute approximate surface area is 158 Å². The molecule has 2 aliphatic heterocycles. The maximum Gasteiger partial charge on any atom is 0.193 e. The van der Waals surface area contributed by atoms with Crippen LogP contribution in [0.5, 0.6) is 0 Å². The van der Waals surface area contributed by atoms with Crippen LogP contribution in [0.15, 0.2) is 17.1 Å². The molecular formula is C21H36N4O. The van der Waals surface area contributed by atoms with Gasteiger partial charge in [0.1, 0.15) is 0 Å². The number of aliphatic imine (C=N–C) groups is 1. The standard InChI is InChI=1S/C21H36N4O/c1-3-26-19-15-18(21(19)10-5-4-6-11-21)23-20(22-2)25-14-9-17(16-25)24-12-7-8-13-24/h7-8,17-19H,3-6,9-16H2,1-2H3,(H,22,23). The summed E-state index contributed by atoms with van der Waals surface area (Å²) >= 11 is 0. The van der Waals surface area contributed by atoms with Gasteiger partial charge in [-0.15, -0.1) is 0 Å². The van der Waals surface area contributed by atoms with Crippen LogP contribution in [-0.4, -0.2) is 73.8 Å². The zero-order chi connectivity index (χ0) is 18.0. The van der Waals surface area contributed by atoms with Gasteiger partial charge in [-0.3, -0.25) is 9.89 Å². The van der Waals surface area contributed by atoms with Crippen LogP contribution in [-0.2, 0) is 4.74 Å². The monoisotopic (exact) mass is 360 g/mol. The van der Waals surface area contributed by atoms with E-state index in [2.05, 4.69) is 39.2 Å². The van der Waals surface area contributed by atoms with Crippen LogP contribution in [0, 0.1) is 5.41 Å². The molecule has 2 aliphatic carbocycles. The first-order valence-electron chi connectivity index (χ1n) is 10.8. The van der Waals surface area contributed by atoms with Crippen LogP contribution in [0.4, 0.5) is 0 Å². The van der Waals surface area contributed by atoms with Crippen molar-refractivity contribution >= 4 is 5.96 Å². The average Bonchev–Trinajstić information content (AvgIpc) is 3.36. The highest BCUT2D eigenvalue weighted by Crippen LogP contribution is 2.53. The second-order valence-electron chi connectivity index (χ2n) is 8.53. The van der Waals surface area contributed by atoms with E-state index in [0.29, 0.717) is 23.6 Å². The topological polar surface area (TPSA) is 40.1 Å². The van der Waals surface area contributed by atoms with Crippen molar-refractivity contribution < 1.29 is 4.74 Å². The zero-order valence-corrected chi connectivity index (χ0v) is 16.6. The molecule has 4 rings (SSSR count). The summed E-state index contributed by atoms with van der Waals surface area (Å²) in [7, 11) is 1.94. The van der Waals surface area contributed by atoms with Crippen molar-refractivity contribution in [2.75, 3.05) is 39.8 Å². The summed E-state index contributed by atoms with van der Waals surface area (Å²) in [6, 6.07) is 1.20. The van der Waals surface area contributed by atoms with E-state index in [-0.39, 0.29) is 0 Å². The molecular weight excluding hydrogens is 324 g/mol. The van der Waals surface area contributed by atoms with Gasteiger partial charge in [-0.05, 0) is 32.6 Å². The third-order valence-corrected chi connectivity index (χ3v) is 7.28. The Morgan fingerprint density at radius 1 is 1.23 bits per heavy atom. The maximum atomic E-state index is 6.12. The molecule has 3 fully saturated rings. The highest BCUT2D eigenvalue weighted by atomic mass is 16.5. The van der Waals surface area contributed by atoms with Crippen LogP contribution in [0.2, 0.25) is 0 Å². The summed E-state index contributed by atoms with van der Waals surface area (Å²) in [5, 5.41) is 3.87. The van der Waals surface area contributed by atoms with Crippen LogP contribution >= 0.6 is 0 Å². The molecule has 0 bridgehead atoms. The van der Waals surface area contributed by atoms with E-state index in [0.717, 1.165) is 45.2 Å². The lowest BCUT2D eigenvalue weighted by Gasteiger charge is -2.58. The Kier molecular flexibility index (Phi) is 5.55. The van der Waals surface area contributed by atoms with E-state index in [1.807, 2.05) is 7.05 Å². The third kappa shape index (κ3) is 3.29. The van der Waals surface area contributed by atoms with Crippen molar-refractivity contribution in [1.82, 2.24) is 15.1 Å². The predicted octanol–water partition coefficient (Wildman–Crippen LogP) is 2.64. The van der Waals surface area contributed by atoms with Gasteiger partial charge in [-0.2, -0.15) is 0 Å². The number of guanidine groups is 1. The minimum Gasteiger partial charge on any atom is -0.378 e. The van der Waals surface area contributed by atoms with Crippen LogP contribution < -0.4 is 5.32 Å². The van der Waals surface area contributed by atoms with E-state index in [4.69, 9.17) is 4.74 Å². The highest BCUT2D eigenvalue weighted by Gasteiger charge is 2.56. The number of nitrogens with one attached hydrogen (secondary N) is 1. The van der Waals surface area contributed by atoms with Crippen LogP contribution in [0.3, 0.4) is 0 Å². The highest BCUT2D eigenvalue weighted by molar-refractivity contribution is 5.80. The van der Waals surface area contributed by atoms with E-state index in [1.54, 1.807) is 0 Å². The van der Waals surface area contributed by atoms with Crippen LogP contribution in [0.25, 0.3) is 0 Å². The van der Waals surface area contributed by atoms with Gasteiger partial charge in [0, 0.05) is 57.3 Å². The molecule has 3 atom stereocenters. The first kappa shape index (κ1) is 18.3. The van der Waals surface area contributed by atoms with Crippen molar-refractivity contribution in [3.05, 3.63) is 12.2 Å². The maximum absolute atomic E-state index is 6.12. The smallest absolute Gasteiger partial charge is 0.193 e. The molecule has 4 aliphatic rings. The number of rotatable bonds is 4. The lowest BCUT2D eigenvalue weighted by Crippen LogP contribution is -2.66. The molecule has 26 heavy (non-hydrogen) atoms. The van der Waals surface area contributed by atoms with Crippen molar-refractivity contribution in [2.24, 2.45) is 10.4 Å². The molecule has 0 aromatic rings. The van der Waals surface area contributed by atoms with E-state index in [9.17, 15) is 0 Å². The number of ether oxygens (including phenoxy) is 1. The Morgan fingerprint density at radius 2 is 2.00 bits per heavy atom. The quantitative estimate of drug-likeness (QED) is 0.475. The molecule has 2 heterocycles. The lowest BCUT2D eigenvalue weighted by molar-refractivity contribution is -0.146. The second kappa shape index (κ2) is 7.89. The minimum absolute atomic E-state index is 0.349. The van der Waals surface area contributed by atoms with Crippen molar-refractivity contribution in [3.8, 4) is 0 Å². The van der Waals surface area contributed by atoms with Gasteiger partial charge in [-0.25, -0.2) is 0 Å². The van der Waals surface area contributed by atoms with Gasteiger partial charge >= 0.3 is 0 Å². The van der Waals surface area contributed by atoms with Crippen molar-refractivity contribution in [3.63, 3.8) is 0 Å². The number of nitrogens with zero attached hydrogens (tertiary/aromatic N) is 3. The lowest BCUT2D eigenvalue weighted by atomic mass is 9.55. The molecule has 1 saturated heterocycles. The molecule has 0 aromatic carbocycles. The fraction of sp³-hybridized carbons (Fsp3) is 0.857. The van der Waals surface area contributed by atoms with Gasteiger partial charge in [-0.1, -0.05) is 31.4 Å². The summed E-state index contributed by atoms with van der Waals surface area (Å²) in [4.78, 5) is 9.73. The second-order valence-corrected chi connectivity index (χ2v) is 8.53. The Hall–Kier alpha value is -1.07. The fourth-order valence-electron chi connectivity index (χ4n) is 5.74. The third-order valence-electron chi connectivity index (χ3n) is 7.28. The minimum atomic E-state index is 0.349. The molecule has 5 nitrogen and oxygen atoms in total. The van der Waals surface area contributed by atoms with E-state index < -0.39 is 0 Å². The predicted molar refractivity (Wildman–Crippen MR) is 107 cm³/mol. The van der Waals surface area contributed by atoms with E-state index >= 15 is 0 Å². The normalized spacial score (nSPS) is 34.5. The van der Waals surface area contributed by atoms with Crippen molar-refractivity contribution in [2.45, 2.75) is 70.1 Å². The molecule has 0 aromatic heterocycles. The fourth-order valence-corrected chi connectivity index (χ4v) is 5.74. The van der Waals surface area contributed by atoms with Gasteiger partial charge < -0.3 is 15.0 Å². The molecule has 1 N–H and O–H groups in total. The summed E-state index contributed by atoms with van der Waals surface area (Å²) in [6.07, 6.45) is 14.2. The number of likely N-dealkylation sites (tertiary alicyclic amines) is 1. The molecule has 5 heteroatoms. The molecule has 1 spiro atoms. The molecule has 0 radical (unpaired) electrons. The number of hydrogen-bond donors (Lipinski definition) is 1. The first-order chi connectivity index (χ1) is 12.8. The zero-order valence-electron chi connectivity index (χ0n) is 16.6. The summed E-state index contributed by atoms with van der Waals surface area (Å²) in [5.74, 6) is 1.12. The van der Waals surface area contributed by atoms with E-state index in [1.165, 1.54) is 38.5 Å². The van der Waals surface area contributed by atoms with Gasteiger partial charge in [0.15, 0.2) is 5.96 Å². The Balaban J connectivity index is 1.37. The first-order valence-corrected chi connectivity index (χ1v) is 10.8. The summed E-state index contributed by atoms with van der Waals surface area (Å²) < 4.78 is 6.12. The van der Waals surface area contributed by atoms with Gasteiger partial charge in [0.2, 0.25) is 0 Å². The molecule has 146 valence electrons. The van der Waals surface area contributed by atoms with Gasteiger partial charge in [0.05, 0.1) is 6.10 Å². The summed E-state index contributed by atoms with van der Waals surface area (Å²) in [6.45, 7) is 7.43. The SMILES string of the molecule is CCOC1CC(NC(=NC)N2CCC(N3CC=CC3)C2)C12CCCCC2. The molecule has 2 saturated carbocycles. The summed E-state index contributed by atoms with van der Waals surface area (Å²) in [5.41, 5.74) is 0.349. The largest absolute Gasteiger partial charge is 0.378 e. The average molecular weight is 361 g/mol. The van der Waals surface area contributed by atoms with Crippen LogP contribution in [0.1, 0.15) is 51.9 Å². The Bertz CT molecular complexity index is 532. The van der Waals surface area contributed by atoms with Gasteiger partial charge in [0.25, 0.3) is 0 Å². The molecule has 3 unspecified atom stereocenters. The molecule has 0 amide bonds. The van der Waals surface area contributed by atoms with Crippen molar-refractivity contribution in [1.29, 1.82) is 0 Å².